The quantitative estimate of drug-likeness (QED) is 0.729. The Morgan fingerprint density at radius 3 is 2.93 bits per heavy atom. The molecule has 0 heterocycles. The molecule has 82 valence electrons. The van der Waals surface area contributed by atoms with Crippen molar-refractivity contribution >= 4 is 11.7 Å². The van der Waals surface area contributed by atoms with Gasteiger partial charge in [-0.1, -0.05) is 6.07 Å². The Kier molecular flexibility index (Phi) is 4.05. The number of ether oxygens (including phenoxy) is 1. The molecular weight excluding hydrogens is 201 g/mol. The van der Waals surface area contributed by atoms with Gasteiger partial charge in [0.25, 0.3) is 0 Å². The number of aromatic carboxylic acids is 1. The second kappa shape index (κ2) is 5.31. The van der Waals surface area contributed by atoms with Gasteiger partial charge in [0.2, 0.25) is 0 Å². The molecule has 5 heteroatoms. The average molecular weight is 213 g/mol. The summed E-state index contributed by atoms with van der Waals surface area (Å²) in [6, 6.07) is 4.09. The van der Waals surface area contributed by atoms with E-state index in [0.717, 1.165) is 6.07 Å². The van der Waals surface area contributed by atoms with Crippen molar-refractivity contribution < 1.29 is 19.0 Å². The molecule has 0 unspecified atom stereocenters. The highest BCUT2D eigenvalue weighted by molar-refractivity contribution is 5.94. The van der Waals surface area contributed by atoms with Gasteiger partial charge >= 0.3 is 5.97 Å². The van der Waals surface area contributed by atoms with Crippen LogP contribution in [0.5, 0.6) is 0 Å². The van der Waals surface area contributed by atoms with E-state index in [0.29, 0.717) is 13.2 Å². The zero-order valence-electron chi connectivity index (χ0n) is 8.29. The first kappa shape index (κ1) is 11.5. The fraction of sp³-hybridized carbons (Fsp3) is 0.300. The van der Waals surface area contributed by atoms with Crippen LogP contribution in [0, 0.1) is 5.82 Å². The van der Waals surface area contributed by atoms with Crippen molar-refractivity contribution in [3.05, 3.63) is 29.6 Å². The molecule has 0 radical (unpaired) electrons. The van der Waals surface area contributed by atoms with Crippen LogP contribution in [0.3, 0.4) is 0 Å². The van der Waals surface area contributed by atoms with Crippen LogP contribution in [0.25, 0.3) is 0 Å². The Balaban J connectivity index is 2.86. The third kappa shape index (κ3) is 2.92. The number of methoxy groups -OCH3 is 1. The lowest BCUT2D eigenvalue weighted by Gasteiger charge is -2.09. The van der Waals surface area contributed by atoms with Crippen molar-refractivity contribution in [2.75, 3.05) is 25.6 Å². The van der Waals surface area contributed by atoms with Crippen molar-refractivity contribution in [2.45, 2.75) is 0 Å². The molecule has 1 aromatic rings. The average Bonchev–Trinajstić information content (AvgIpc) is 2.17. The van der Waals surface area contributed by atoms with Gasteiger partial charge in [-0.15, -0.1) is 0 Å². The Morgan fingerprint density at radius 1 is 1.60 bits per heavy atom. The molecule has 0 aliphatic rings. The third-order valence-electron chi connectivity index (χ3n) is 1.85. The lowest BCUT2D eigenvalue weighted by molar-refractivity contribution is 0.0693. The van der Waals surface area contributed by atoms with E-state index in [1.165, 1.54) is 19.2 Å². The highest BCUT2D eigenvalue weighted by Gasteiger charge is 2.14. The van der Waals surface area contributed by atoms with Gasteiger partial charge in [0.1, 0.15) is 11.4 Å². The predicted octanol–water partition coefficient (Wildman–Crippen LogP) is 1.58. The summed E-state index contributed by atoms with van der Waals surface area (Å²) in [5.41, 5.74) is -0.0758. The van der Waals surface area contributed by atoms with Crippen LogP contribution in [-0.4, -0.2) is 31.3 Å². The first-order chi connectivity index (χ1) is 7.16. The summed E-state index contributed by atoms with van der Waals surface area (Å²) in [5, 5.41) is 11.6. The van der Waals surface area contributed by atoms with Crippen LogP contribution < -0.4 is 5.32 Å². The Bertz CT molecular complexity index is 355. The van der Waals surface area contributed by atoms with E-state index in [9.17, 15) is 9.18 Å². The number of anilines is 1. The number of carboxylic acid groups (broad SMARTS) is 1. The molecule has 2 N–H and O–H groups in total. The molecular formula is C10H12FNO3. The van der Waals surface area contributed by atoms with Gasteiger partial charge in [0.15, 0.2) is 0 Å². The predicted molar refractivity (Wildman–Crippen MR) is 53.7 cm³/mol. The number of nitrogens with one attached hydrogen (secondary N) is 1. The molecule has 0 spiro atoms. The Morgan fingerprint density at radius 2 is 2.33 bits per heavy atom. The number of carboxylic acids is 1. The summed E-state index contributed by atoms with van der Waals surface area (Å²) in [7, 11) is 1.53. The highest BCUT2D eigenvalue weighted by atomic mass is 19.1. The molecule has 0 aliphatic heterocycles. The van der Waals surface area contributed by atoms with Crippen molar-refractivity contribution in [1.29, 1.82) is 0 Å². The van der Waals surface area contributed by atoms with Crippen LogP contribution in [0.1, 0.15) is 10.4 Å². The van der Waals surface area contributed by atoms with E-state index < -0.39 is 11.8 Å². The summed E-state index contributed by atoms with van der Waals surface area (Å²) in [4.78, 5) is 10.8. The molecule has 0 saturated heterocycles. The van der Waals surface area contributed by atoms with Crippen LogP contribution >= 0.6 is 0 Å². The standard InChI is InChI=1S/C10H12FNO3/c1-15-6-5-12-8-4-2-3-7(11)9(8)10(13)14/h2-4,12H,5-6H2,1H3,(H,13,14). The normalized spacial score (nSPS) is 10.0. The topological polar surface area (TPSA) is 58.6 Å². The van der Waals surface area contributed by atoms with E-state index in [1.807, 2.05) is 0 Å². The number of carbonyl (C=O) groups is 1. The van der Waals surface area contributed by atoms with Crippen molar-refractivity contribution in [1.82, 2.24) is 0 Å². The van der Waals surface area contributed by atoms with Gasteiger partial charge < -0.3 is 15.2 Å². The Labute approximate surface area is 86.7 Å². The molecule has 0 bridgehead atoms. The first-order valence-electron chi connectivity index (χ1n) is 4.41. The van der Waals surface area contributed by atoms with Gasteiger partial charge in [-0.3, -0.25) is 0 Å². The lowest BCUT2D eigenvalue weighted by atomic mass is 10.1. The van der Waals surface area contributed by atoms with Gasteiger partial charge in [-0.05, 0) is 12.1 Å². The molecule has 1 rings (SSSR count). The summed E-state index contributed by atoms with van der Waals surface area (Å²) in [6.07, 6.45) is 0. The van der Waals surface area contributed by atoms with Crippen molar-refractivity contribution in [2.24, 2.45) is 0 Å². The van der Waals surface area contributed by atoms with Crippen molar-refractivity contribution in [3.63, 3.8) is 0 Å². The van der Waals surface area contributed by atoms with E-state index in [1.54, 1.807) is 0 Å². The smallest absolute Gasteiger partial charge is 0.340 e. The lowest BCUT2D eigenvalue weighted by Crippen LogP contribution is -2.12. The minimum atomic E-state index is -1.28. The summed E-state index contributed by atoms with van der Waals surface area (Å²) in [5.74, 6) is -2.03. The fourth-order valence-electron chi connectivity index (χ4n) is 1.18. The molecule has 0 fully saturated rings. The van der Waals surface area contributed by atoms with Crippen molar-refractivity contribution in [3.8, 4) is 0 Å². The molecule has 1 aromatic carbocycles. The second-order valence-electron chi connectivity index (χ2n) is 2.89. The van der Waals surface area contributed by atoms with E-state index >= 15 is 0 Å². The molecule has 0 saturated carbocycles. The van der Waals surface area contributed by atoms with E-state index in [2.05, 4.69) is 5.32 Å². The van der Waals surface area contributed by atoms with Gasteiger partial charge in [0.05, 0.1) is 12.3 Å². The maximum absolute atomic E-state index is 13.2. The van der Waals surface area contributed by atoms with Gasteiger partial charge in [-0.25, -0.2) is 9.18 Å². The first-order valence-corrected chi connectivity index (χ1v) is 4.41. The van der Waals surface area contributed by atoms with Gasteiger partial charge in [-0.2, -0.15) is 0 Å². The molecule has 0 amide bonds. The van der Waals surface area contributed by atoms with Crippen LogP contribution in [0.15, 0.2) is 18.2 Å². The number of hydrogen-bond acceptors (Lipinski definition) is 3. The van der Waals surface area contributed by atoms with Crippen LogP contribution in [-0.2, 0) is 4.74 Å². The highest BCUT2D eigenvalue weighted by Crippen LogP contribution is 2.18. The monoisotopic (exact) mass is 213 g/mol. The molecule has 0 atom stereocenters. The maximum Gasteiger partial charge on any atom is 0.340 e. The maximum atomic E-state index is 13.2. The molecule has 0 aliphatic carbocycles. The number of halogens is 1. The fourth-order valence-corrected chi connectivity index (χ4v) is 1.18. The minimum absolute atomic E-state index is 0.263. The molecule has 0 aromatic heterocycles. The summed E-state index contributed by atoms with van der Waals surface area (Å²) in [6.45, 7) is 0.857. The number of rotatable bonds is 5. The van der Waals surface area contributed by atoms with Crippen LogP contribution in [0.4, 0.5) is 10.1 Å². The zero-order chi connectivity index (χ0) is 11.3. The van der Waals surface area contributed by atoms with E-state index in [-0.39, 0.29) is 11.3 Å². The van der Waals surface area contributed by atoms with Crippen LogP contribution in [0.2, 0.25) is 0 Å². The SMILES string of the molecule is COCCNc1cccc(F)c1C(=O)O. The molecule has 4 nitrogen and oxygen atoms in total. The third-order valence-corrected chi connectivity index (χ3v) is 1.85. The summed E-state index contributed by atoms with van der Waals surface area (Å²) >= 11 is 0. The zero-order valence-corrected chi connectivity index (χ0v) is 8.29. The number of hydrogen-bond donors (Lipinski definition) is 2. The van der Waals surface area contributed by atoms with Gasteiger partial charge in [0, 0.05) is 13.7 Å². The largest absolute Gasteiger partial charge is 0.478 e. The Hall–Kier alpha value is -1.62. The molecule has 15 heavy (non-hydrogen) atoms. The summed E-state index contributed by atoms with van der Waals surface area (Å²) < 4.78 is 17.9. The number of benzene rings is 1. The second-order valence-corrected chi connectivity index (χ2v) is 2.89. The van der Waals surface area contributed by atoms with E-state index in [4.69, 9.17) is 9.84 Å². The minimum Gasteiger partial charge on any atom is -0.478 e.